The monoisotopic (exact) mass is 502 g/mol. The lowest BCUT2D eigenvalue weighted by molar-refractivity contribution is -0.143. The van der Waals surface area contributed by atoms with E-state index in [2.05, 4.69) is 24.0 Å². The minimum Gasteiger partial charge on any atom is -0.337 e. The average molecular weight is 503 g/mol. The van der Waals surface area contributed by atoms with Crippen LogP contribution in [-0.4, -0.2) is 51.4 Å². The van der Waals surface area contributed by atoms with Gasteiger partial charge < -0.3 is 14.3 Å². The number of carbonyl (C=O) groups excluding carboxylic acids is 2. The van der Waals surface area contributed by atoms with Crippen molar-refractivity contribution >= 4 is 23.4 Å². The van der Waals surface area contributed by atoms with Gasteiger partial charge in [0.2, 0.25) is 23.5 Å². The molecule has 1 aromatic heterocycles. The van der Waals surface area contributed by atoms with Gasteiger partial charge >= 0.3 is 0 Å². The number of unbranched alkanes of at least 4 members (excludes halogenated alkanes) is 5. The highest BCUT2D eigenvalue weighted by atomic mass is 35.5. The molecule has 2 amide bonds. The number of amides is 2. The summed E-state index contributed by atoms with van der Waals surface area (Å²) in [5, 5.41) is 4.74. The molecule has 8 heteroatoms. The van der Waals surface area contributed by atoms with Crippen LogP contribution in [0.5, 0.6) is 0 Å². The molecule has 1 aliphatic rings. The van der Waals surface area contributed by atoms with Crippen molar-refractivity contribution < 1.29 is 14.1 Å². The van der Waals surface area contributed by atoms with Crippen molar-refractivity contribution in [2.24, 2.45) is 0 Å². The molecular formula is C27H39ClN4O3. The minimum absolute atomic E-state index is 0.0485. The van der Waals surface area contributed by atoms with Crippen LogP contribution >= 0.6 is 11.6 Å². The summed E-state index contributed by atoms with van der Waals surface area (Å²) in [7, 11) is 0. The second-order valence-corrected chi connectivity index (χ2v) is 9.83. The van der Waals surface area contributed by atoms with Crippen LogP contribution in [0.3, 0.4) is 0 Å². The summed E-state index contributed by atoms with van der Waals surface area (Å²) >= 11 is 6.11. The summed E-state index contributed by atoms with van der Waals surface area (Å²) in [4.78, 5) is 34.5. The molecule has 35 heavy (non-hydrogen) atoms. The first-order valence-corrected chi connectivity index (χ1v) is 13.6. The predicted octanol–water partition coefficient (Wildman–Crippen LogP) is 6.43. The molecule has 0 N–H and O–H groups in total. The summed E-state index contributed by atoms with van der Waals surface area (Å²) in [6, 6.07) is 7.04. The van der Waals surface area contributed by atoms with Crippen molar-refractivity contribution in [3.05, 3.63) is 35.2 Å². The fourth-order valence-electron chi connectivity index (χ4n) is 4.54. The largest absolute Gasteiger partial charge is 0.337 e. The predicted molar refractivity (Wildman–Crippen MR) is 138 cm³/mol. The first-order chi connectivity index (χ1) is 17.0. The average Bonchev–Trinajstić information content (AvgIpc) is 3.36. The number of nitrogens with zero attached hydrogens (tertiary/aromatic N) is 4. The molecule has 1 unspecified atom stereocenters. The third-order valence-corrected chi connectivity index (χ3v) is 6.82. The van der Waals surface area contributed by atoms with Crippen LogP contribution in [0.1, 0.15) is 96.4 Å². The molecule has 192 valence electrons. The van der Waals surface area contributed by atoms with E-state index in [1.165, 1.54) is 12.8 Å². The van der Waals surface area contributed by atoms with Crippen molar-refractivity contribution in [2.45, 2.75) is 90.5 Å². The molecule has 1 atom stereocenters. The maximum Gasteiger partial charge on any atom is 0.249 e. The molecule has 0 bridgehead atoms. The molecule has 1 aromatic carbocycles. The number of benzene rings is 1. The Morgan fingerprint density at radius 3 is 2.69 bits per heavy atom. The van der Waals surface area contributed by atoms with E-state index >= 15 is 0 Å². The van der Waals surface area contributed by atoms with Gasteiger partial charge in [-0.25, -0.2) is 0 Å². The molecule has 1 aliphatic heterocycles. The van der Waals surface area contributed by atoms with Crippen LogP contribution in [0.15, 0.2) is 28.8 Å². The smallest absolute Gasteiger partial charge is 0.249 e. The van der Waals surface area contributed by atoms with Gasteiger partial charge in [0, 0.05) is 30.1 Å². The van der Waals surface area contributed by atoms with E-state index in [0.29, 0.717) is 36.2 Å². The van der Waals surface area contributed by atoms with Gasteiger partial charge in [0.25, 0.3) is 0 Å². The maximum atomic E-state index is 13.4. The Labute approximate surface area is 214 Å². The number of piperidine rings is 1. The van der Waals surface area contributed by atoms with Gasteiger partial charge in [0.1, 0.15) is 6.04 Å². The standard InChI is InChI=1S/C27H39ClN4O3/c1-3-5-7-8-9-16-24(33)31(17-6-4-2)20-25(34)32-18-11-10-15-23(32)27-29-26(30-35-27)21-13-12-14-22(28)19-21/h12-14,19,23H,3-11,15-18,20H2,1-2H3. The number of hydrogen-bond donors (Lipinski definition) is 0. The Morgan fingerprint density at radius 2 is 1.91 bits per heavy atom. The number of likely N-dealkylation sites (tertiary alicyclic amines) is 1. The van der Waals surface area contributed by atoms with Gasteiger partial charge in [0.05, 0.1) is 6.54 Å². The minimum atomic E-state index is -0.270. The summed E-state index contributed by atoms with van der Waals surface area (Å²) < 4.78 is 5.60. The number of carbonyl (C=O) groups is 2. The summed E-state index contributed by atoms with van der Waals surface area (Å²) in [6.07, 6.45) is 10.6. The van der Waals surface area contributed by atoms with Crippen LogP contribution in [0.2, 0.25) is 5.02 Å². The highest BCUT2D eigenvalue weighted by Gasteiger charge is 2.33. The lowest BCUT2D eigenvalue weighted by atomic mass is 10.0. The normalized spacial score (nSPS) is 15.9. The Hall–Kier alpha value is -2.41. The van der Waals surface area contributed by atoms with E-state index in [4.69, 9.17) is 16.1 Å². The topological polar surface area (TPSA) is 79.5 Å². The molecule has 0 saturated carbocycles. The molecule has 3 rings (SSSR count). The molecular weight excluding hydrogens is 464 g/mol. The van der Waals surface area contributed by atoms with E-state index < -0.39 is 0 Å². The number of halogens is 1. The Balaban J connectivity index is 1.66. The zero-order chi connectivity index (χ0) is 25.0. The van der Waals surface area contributed by atoms with E-state index in [1.807, 2.05) is 17.0 Å². The second kappa shape index (κ2) is 14.2. The number of rotatable bonds is 13. The van der Waals surface area contributed by atoms with Crippen molar-refractivity contribution in [2.75, 3.05) is 19.6 Å². The van der Waals surface area contributed by atoms with E-state index in [-0.39, 0.29) is 24.4 Å². The zero-order valence-electron chi connectivity index (χ0n) is 21.2. The number of aromatic nitrogens is 2. The van der Waals surface area contributed by atoms with Crippen molar-refractivity contribution in [1.29, 1.82) is 0 Å². The fraction of sp³-hybridized carbons (Fsp3) is 0.630. The van der Waals surface area contributed by atoms with Gasteiger partial charge in [-0.1, -0.05) is 74.8 Å². The van der Waals surface area contributed by atoms with Crippen LogP contribution < -0.4 is 0 Å². The van der Waals surface area contributed by atoms with Gasteiger partial charge in [-0.3, -0.25) is 9.59 Å². The highest BCUT2D eigenvalue weighted by molar-refractivity contribution is 6.30. The van der Waals surface area contributed by atoms with Crippen LogP contribution in [-0.2, 0) is 9.59 Å². The van der Waals surface area contributed by atoms with Gasteiger partial charge in [-0.2, -0.15) is 4.98 Å². The molecule has 2 heterocycles. The second-order valence-electron chi connectivity index (χ2n) is 9.40. The molecule has 0 spiro atoms. The Bertz CT molecular complexity index is 948. The van der Waals surface area contributed by atoms with Gasteiger partial charge in [-0.05, 0) is 44.2 Å². The molecule has 0 aliphatic carbocycles. The van der Waals surface area contributed by atoms with E-state index in [9.17, 15) is 9.59 Å². The van der Waals surface area contributed by atoms with E-state index in [0.717, 1.165) is 56.9 Å². The van der Waals surface area contributed by atoms with Gasteiger partial charge in [0.15, 0.2) is 0 Å². The lowest BCUT2D eigenvalue weighted by Crippen LogP contribution is -2.46. The lowest BCUT2D eigenvalue weighted by Gasteiger charge is -2.35. The van der Waals surface area contributed by atoms with Crippen molar-refractivity contribution in [3.8, 4) is 11.4 Å². The Kier molecular flexibility index (Phi) is 11.0. The van der Waals surface area contributed by atoms with Crippen LogP contribution in [0.4, 0.5) is 0 Å². The third kappa shape index (κ3) is 8.06. The first-order valence-electron chi connectivity index (χ1n) is 13.2. The fourth-order valence-corrected chi connectivity index (χ4v) is 4.73. The summed E-state index contributed by atoms with van der Waals surface area (Å²) in [5.41, 5.74) is 0.775. The third-order valence-electron chi connectivity index (χ3n) is 6.59. The molecule has 1 fully saturated rings. The Morgan fingerprint density at radius 1 is 1.11 bits per heavy atom. The zero-order valence-corrected chi connectivity index (χ0v) is 21.9. The quantitative estimate of drug-likeness (QED) is 0.295. The summed E-state index contributed by atoms with van der Waals surface area (Å²) in [6.45, 7) is 5.64. The van der Waals surface area contributed by atoms with Crippen LogP contribution in [0.25, 0.3) is 11.4 Å². The summed E-state index contributed by atoms with van der Waals surface area (Å²) in [5.74, 6) is 0.934. The van der Waals surface area contributed by atoms with Crippen LogP contribution in [0, 0.1) is 0 Å². The first kappa shape index (κ1) is 27.2. The van der Waals surface area contributed by atoms with Crippen molar-refractivity contribution in [3.63, 3.8) is 0 Å². The van der Waals surface area contributed by atoms with Crippen molar-refractivity contribution in [1.82, 2.24) is 19.9 Å². The van der Waals surface area contributed by atoms with E-state index in [1.54, 1.807) is 17.0 Å². The SMILES string of the molecule is CCCCCCCC(=O)N(CCCC)CC(=O)N1CCCCC1c1nc(-c2cccc(Cl)c2)no1. The molecule has 1 saturated heterocycles. The molecule has 0 radical (unpaired) electrons. The molecule has 2 aromatic rings. The number of hydrogen-bond acceptors (Lipinski definition) is 5. The maximum absolute atomic E-state index is 13.4. The highest BCUT2D eigenvalue weighted by Crippen LogP contribution is 2.31. The molecule has 7 nitrogen and oxygen atoms in total. The van der Waals surface area contributed by atoms with Gasteiger partial charge in [-0.15, -0.1) is 0 Å².